The minimum Gasteiger partial charge on any atom is -0.455 e. The lowest BCUT2D eigenvalue weighted by atomic mass is 10.1. The molecule has 0 N–H and O–H groups in total. The normalized spacial score (nSPS) is 9.28. The number of nitrogens with zero attached hydrogens (tertiary/aromatic N) is 2. The van der Waals surface area contributed by atoms with E-state index < -0.39 is 0 Å². The van der Waals surface area contributed by atoms with Gasteiger partial charge in [-0.25, -0.2) is 0 Å². The number of para-hydroxylation sites is 1. The number of hydrogen-bond donors (Lipinski definition) is 0. The second-order valence-electron chi connectivity index (χ2n) is 3.46. The molecule has 0 aliphatic heterocycles. The number of benzene rings is 2. The third-order valence-electron chi connectivity index (χ3n) is 2.29. The first-order valence-corrected chi connectivity index (χ1v) is 5.49. The number of nitriles is 2. The highest BCUT2D eigenvalue weighted by atomic mass is 35.5. The molecule has 4 heteroatoms. The second-order valence-corrected chi connectivity index (χ2v) is 3.90. The zero-order valence-corrected chi connectivity index (χ0v) is 9.98. The molecule has 0 heterocycles. The highest BCUT2D eigenvalue weighted by Gasteiger charge is 2.10. The summed E-state index contributed by atoms with van der Waals surface area (Å²) in [6.07, 6.45) is 0. The highest BCUT2D eigenvalue weighted by molar-refractivity contribution is 6.30. The first-order valence-electron chi connectivity index (χ1n) is 5.11. The van der Waals surface area contributed by atoms with Gasteiger partial charge in [-0.15, -0.1) is 0 Å². The maximum absolute atomic E-state index is 9.00. The van der Waals surface area contributed by atoms with Gasteiger partial charge in [-0.1, -0.05) is 17.7 Å². The van der Waals surface area contributed by atoms with E-state index in [2.05, 4.69) is 0 Å². The van der Waals surface area contributed by atoms with Crippen molar-refractivity contribution in [3.05, 3.63) is 58.6 Å². The van der Waals surface area contributed by atoms with E-state index in [1.165, 1.54) is 0 Å². The SMILES string of the molecule is N#Cc1cccc(C#N)c1Oc1ccc(Cl)cc1. The molecule has 2 rings (SSSR count). The Hall–Kier alpha value is -2.49. The summed E-state index contributed by atoms with van der Waals surface area (Å²) in [7, 11) is 0. The third kappa shape index (κ3) is 2.43. The van der Waals surface area contributed by atoms with Crippen molar-refractivity contribution < 1.29 is 4.74 Å². The molecule has 0 unspecified atom stereocenters. The Morgan fingerprint density at radius 1 is 0.889 bits per heavy atom. The van der Waals surface area contributed by atoms with Gasteiger partial charge in [0.25, 0.3) is 0 Å². The smallest absolute Gasteiger partial charge is 0.162 e. The maximum Gasteiger partial charge on any atom is 0.162 e. The van der Waals surface area contributed by atoms with Crippen LogP contribution in [0.2, 0.25) is 5.02 Å². The van der Waals surface area contributed by atoms with Crippen LogP contribution in [-0.2, 0) is 0 Å². The van der Waals surface area contributed by atoms with Crippen molar-refractivity contribution in [2.45, 2.75) is 0 Å². The summed E-state index contributed by atoms with van der Waals surface area (Å²) in [5, 5.41) is 18.6. The predicted octanol–water partition coefficient (Wildman–Crippen LogP) is 3.88. The van der Waals surface area contributed by atoms with Crippen molar-refractivity contribution in [3.8, 4) is 23.6 Å². The zero-order valence-electron chi connectivity index (χ0n) is 9.22. The van der Waals surface area contributed by atoms with E-state index in [1.807, 2.05) is 12.1 Å². The molecule has 0 bridgehead atoms. The summed E-state index contributed by atoms with van der Waals surface area (Å²) in [5.41, 5.74) is 0.646. The first-order chi connectivity index (χ1) is 8.74. The van der Waals surface area contributed by atoms with Gasteiger partial charge < -0.3 is 4.74 Å². The van der Waals surface area contributed by atoms with Crippen LogP contribution in [0.15, 0.2) is 42.5 Å². The highest BCUT2D eigenvalue weighted by Crippen LogP contribution is 2.29. The molecule has 0 fully saturated rings. The van der Waals surface area contributed by atoms with Gasteiger partial charge in [-0.3, -0.25) is 0 Å². The fraction of sp³-hybridized carbons (Fsp3) is 0. The van der Waals surface area contributed by atoms with Gasteiger partial charge in [0.15, 0.2) is 5.75 Å². The Morgan fingerprint density at radius 3 is 1.94 bits per heavy atom. The van der Waals surface area contributed by atoms with Crippen LogP contribution in [-0.4, -0.2) is 0 Å². The summed E-state index contributed by atoms with van der Waals surface area (Å²) in [6.45, 7) is 0. The van der Waals surface area contributed by atoms with Crippen LogP contribution < -0.4 is 4.74 Å². The van der Waals surface area contributed by atoms with Crippen LogP contribution in [0.3, 0.4) is 0 Å². The molecule has 0 radical (unpaired) electrons. The van der Waals surface area contributed by atoms with Gasteiger partial charge in [0.1, 0.15) is 17.9 Å². The standard InChI is InChI=1S/C14H7ClN2O/c15-12-4-6-13(7-5-12)18-14-10(8-16)2-1-3-11(14)9-17/h1-7H. The molecule has 2 aromatic carbocycles. The van der Waals surface area contributed by atoms with Crippen LogP contribution in [0.25, 0.3) is 0 Å². The Balaban J connectivity index is 2.43. The molecule has 0 aromatic heterocycles. The average molecular weight is 255 g/mol. The fourth-order valence-electron chi connectivity index (χ4n) is 1.44. The van der Waals surface area contributed by atoms with Crippen molar-refractivity contribution in [1.29, 1.82) is 10.5 Å². The lowest BCUT2D eigenvalue weighted by Crippen LogP contribution is -1.91. The van der Waals surface area contributed by atoms with Gasteiger partial charge >= 0.3 is 0 Å². The molecule has 0 spiro atoms. The van der Waals surface area contributed by atoms with E-state index in [1.54, 1.807) is 42.5 Å². The molecule has 0 saturated carbocycles. The number of rotatable bonds is 2. The minimum absolute atomic E-state index is 0.268. The Kier molecular flexibility index (Phi) is 3.48. The first kappa shape index (κ1) is 12.0. The Morgan fingerprint density at radius 2 is 1.44 bits per heavy atom. The molecule has 0 atom stereocenters. The molecule has 3 nitrogen and oxygen atoms in total. The van der Waals surface area contributed by atoms with Crippen molar-refractivity contribution in [3.63, 3.8) is 0 Å². The lowest BCUT2D eigenvalue weighted by Gasteiger charge is -2.08. The Labute approximate surface area is 109 Å². The molecule has 0 saturated heterocycles. The van der Waals surface area contributed by atoms with E-state index in [0.717, 1.165) is 0 Å². The van der Waals surface area contributed by atoms with Crippen LogP contribution >= 0.6 is 11.6 Å². The predicted molar refractivity (Wildman–Crippen MR) is 67.4 cm³/mol. The topological polar surface area (TPSA) is 56.8 Å². The van der Waals surface area contributed by atoms with E-state index in [0.29, 0.717) is 21.9 Å². The van der Waals surface area contributed by atoms with Crippen LogP contribution in [0, 0.1) is 22.7 Å². The van der Waals surface area contributed by atoms with Crippen molar-refractivity contribution >= 4 is 11.6 Å². The quantitative estimate of drug-likeness (QED) is 0.817. The largest absolute Gasteiger partial charge is 0.455 e. The summed E-state index contributed by atoms with van der Waals surface area (Å²) in [5.74, 6) is 0.795. The summed E-state index contributed by atoms with van der Waals surface area (Å²) in [6, 6.07) is 15.6. The fourth-order valence-corrected chi connectivity index (χ4v) is 1.57. The lowest BCUT2D eigenvalue weighted by molar-refractivity contribution is 0.479. The molecule has 0 aliphatic rings. The van der Waals surface area contributed by atoms with Crippen molar-refractivity contribution in [2.24, 2.45) is 0 Å². The van der Waals surface area contributed by atoms with Crippen molar-refractivity contribution in [2.75, 3.05) is 0 Å². The average Bonchev–Trinajstić information content (AvgIpc) is 2.41. The van der Waals surface area contributed by atoms with E-state index in [4.69, 9.17) is 26.9 Å². The molecular formula is C14H7ClN2O. The molecule has 2 aromatic rings. The molecule has 18 heavy (non-hydrogen) atoms. The number of ether oxygens (including phenoxy) is 1. The zero-order chi connectivity index (χ0) is 13.0. The molecule has 0 aliphatic carbocycles. The van der Waals surface area contributed by atoms with E-state index in [9.17, 15) is 0 Å². The number of halogens is 1. The van der Waals surface area contributed by atoms with Crippen LogP contribution in [0.4, 0.5) is 0 Å². The van der Waals surface area contributed by atoms with Gasteiger partial charge in [0.05, 0.1) is 11.1 Å². The van der Waals surface area contributed by atoms with Gasteiger partial charge in [-0.2, -0.15) is 10.5 Å². The Bertz CT molecular complexity index is 619. The van der Waals surface area contributed by atoms with Gasteiger partial charge in [-0.05, 0) is 36.4 Å². The van der Waals surface area contributed by atoms with Gasteiger partial charge in [0.2, 0.25) is 0 Å². The molecule has 0 amide bonds. The molecule has 86 valence electrons. The minimum atomic E-state index is 0.268. The van der Waals surface area contributed by atoms with E-state index >= 15 is 0 Å². The van der Waals surface area contributed by atoms with Gasteiger partial charge in [0, 0.05) is 5.02 Å². The van der Waals surface area contributed by atoms with E-state index in [-0.39, 0.29) is 5.75 Å². The monoisotopic (exact) mass is 254 g/mol. The third-order valence-corrected chi connectivity index (χ3v) is 2.54. The van der Waals surface area contributed by atoms with Crippen LogP contribution in [0.1, 0.15) is 11.1 Å². The van der Waals surface area contributed by atoms with Crippen molar-refractivity contribution in [1.82, 2.24) is 0 Å². The summed E-state index contributed by atoms with van der Waals surface area (Å²) < 4.78 is 5.57. The summed E-state index contributed by atoms with van der Waals surface area (Å²) >= 11 is 5.77. The molecular weight excluding hydrogens is 248 g/mol. The van der Waals surface area contributed by atoms with Crippen LogP contribution in [0.5, 0.6) is 11.5 Å². The summed E-state index contributed by atoms with van der Waals surface area (Å²) in [4.78, 5) is 0. The maximum atomic E-state index is 9.00. The number of hydrogen-bond acceptors (Lipinski definition) is 3. The second kappa shape index (κ2) is 5.23.